The Morgan fingerprint density at radius 2 is 1.81 bits per heavy atom. The molecule has 0 aliphatic carbocycles. The molecule has 1 aliphatic rings. The summed E-state index contributed by atoms with van der Waals surface area (Å²) in [6.45, 7) is 2.84. The number of rotatable bonds is 8. The van der Waals surface area contributed by atoms with Crippen LogP contribution in [0, 0.1) is 0 Å². The minimum Gasteiger partial charge on any atom is -0.503 e. The van der Waals surface area contributed by atoms with Crippen LogP contribution < -0.4 is 4.74 Å². The molecule has 31 heavy (non-hydrogen) atoms. The van der Waals surface area contributed by atoms with Crippen molar-refractivity contribution in [2.24, 2.45) is 0 Å². The maximum absolute atomic E-state index is 13.2. The molecule has 1 unspecified atom stereocenters. The Hall–Kier alpha value is -3.38. The predicted octanol–water partition coefficient (Wildman–Crippen LogP) is 4.97. The largest absolute Gasteiger partial charge is 0.503 e. The molecule has 2 heterocycles. The number of hydrogen-bond acceptors (Lipinski definition) is 5. The molecule has 0 saturated carbocycles. The molecule has 158 valence electrons. The number of aliphatic hydroxyl groups is 1. The van der Waals surface area contributed by atoms with Gasteiger partial charge in [-0.3, -0.25) is 9.59 Å². The smallest absolute Gasteiger partial charge is 0.290 e. The van der Waals surface area contributed by atoms with Crippen molar-refractivity contribution in [3.8, 4) is 5.75 Å². The van der Waals surface area contributed by atoms with Gasteiger partial charge in [0, 0.05) is 6.54 Å². The Kier molecular flexibility index (Phi) is 6.18. The van der Waals surface area contributed by atoms with Gasteiger partial charge in [0.15, 0.2) is 5.76 Å². The van der Waals surface area contributed by atoms with Gasteiger partial charge in [-0.1, -0.05) is 48.5 Å². The second kappa shape index (κ2) is 9.18. The van der Waals surface area contributed by atoms with E-state index in [4.69, 9.17) is 4.74 Å². The monoisotopic (exact) mass is 433 g/mol. The van der Waals surface area contributed by atoms with E-state index in [2.05, 4.69) is 0 Å². The fourth-order valence-corrected chi connectivity index (χ4v) is 4.49. The van der Waals surface area contributed by atoms with E-state index in [1.807, 2.05) is 61.5 Å². The lowest BCUT2D eigenvalue weighted by Gasteiger charge is -2.27. The number of ketones is 1. The van der Waals surface area contributed by atoms with Crippen molar-refractivity contribution < 1.29 is 19.4 Å². The maximum Gasteiger partial charge on any atom is 0.290 e. The van der Waals surface area contributed by atoms with E-state index in [1.54, 1.807) is 22.4 Å². The molecular weight excluding hydrogens is 410 g/mol. The number of thiophene rings is 1. The molecule has 5 nitrogen and oxygen atoms in total. The SMILES string of the molecule is CCOc1ccc(C2C(C(=O)c3cccs3)=C(O)C(=O)N2CCc2ccccc2)cc1. The third-order valence-corrected chi connectivity index (χ3v) is 6.15. The highest BCUT2D eigenvalue weighted by Gasteiger charge is 2.43. The number of ether oxygens (including phenoxy) is 1. The summed E-state index contributed by atoms with van der Waals surface area (Å²) in [5, 5.41) is 12.5. The van der Waals surface area contributed by atoms with Crippen LogP contribution in [0.3, 0.4) is 0 Å². The first kappa shape index (κ1) is 20.9. The summed E-state index contributed by atoms with van der Waals surface area (Å²) in [7, 11) is 0. The molecule has 0 radical (unpaired) electrons. The van der Waals surface area contributed by atoms with Crippen molar-refractivity contribution in [1.29, 1.82) is 0 Å². The van der Waals surface area contributed by atoms with Gasteiger partial charge in [-0.15, -0.1) is 11.3 Å². The Balaban J connectivity index is 1.70. The van der Waals surface area contributed by atoms with Crippen LogP contribution in [0.5, 0.6) is 5.75 Å². The second-order valence-electron chi connectivity index (χ2n) is 7.21. The lowest BCUT2D eigenvalue weighted by atomic mass is 9.95. The number of nitrogens with zero attached hydrogens (tertiary/aromatic N) is 1. The highest BCUT2D eigenvalue weighted by atomic mass is 32.1. The molecule has 0 fully saturated rings. The maximum atomic E-state index is 13.2. The minimum atomic E-state index is -0.651. The van der Waals surface area contributed by atoms with Gasteiger partial charge in [0.1, 0.15) is 5.75 Å². The molecular formula is C25H23NO4S. The first-order valence-electron chi connectivity index (χ1n) is 10.2. The molecule has 1 N–H and O–H groups in total. The van der Waals surface area contributed by atoms with E-state index in [9.17, 15) is 14.7 Å². The van der Waals surface area contributed by atoms with Gasteiger partial charge in [-0.05, 0) is 48.1 Å². The zero-order valence-corrected chi connectivity index (χ0v) is 18.0. The molecule has 0 spiro atoms. The van der Waals surface area contributed by atoms with Crippen molar-refractivity contribution in [2.45, 2.75) is 19.4 Å². The molecule has 4 rings (SSSR count). The summed E-state index contributed by atoms with van der Waals surface area (Å²) in [6, 6.07) is 20.0. The first-order valence-corrected chi connectivity index (χ1v) is 11.1. The second-order valence-corrected chi connectivity index (χ2v) is 8.16. The molecule has 2 aromatic carbocycles. The third-order valence-electron chi connectivity index (χ3n) is 5.28. The van der Waals surface area contributed by atoms with Crippen LogP contribution in [0.2, 0.25) is 0 Å². The summed E-state index contributed by atoms with van der Waals surface area (Å²) in [4.78, 5) is 28.3. The van der Waals surface area contributed by atoms with Crippen molar-refractivity contribution in [3.05, 3.63) is 99.4 Å². The molecule has 0 bridgehead atoms. The lowest BCUT2D eigenvalue weighted by Crippen LogP contribution is -2.33. The van der Waals surface area contributed by atoms with Gasteiger partial charge in [0.05, 0.1) is 23.1 Å². The van der Waals surface area contributed by atoms with Crippen LogP contribution >= 0.6 is 11.3 Å². The van der Waals surface area contributed by atoms with Gasteiger partial charge in [0.2, 0.25) is 5.78 Å². The number of carbonyl (C=O) groups is 2. The van der Waals surface area contributed by atoms with Crippen LogP contribution in [0.1, 0.15) is 33.8 Å². The van der Waals surface area contributed by atoms with E-state index in [-0.39, 0.29) is 11.4 Å². The van der Waals surface area contributed by atoms with Crippen LogP contribution in [-0.4, -0.2) is 34.8 Å². The van der Waals surface area contributed by atoms with E-state index in [0.717, 1.165) is 11.1 Å². The van der Waals surface area contributed by atoms with Crippen LogP contribution in [0.15, 0.2) is 83.4 Å². The van der Waals surface area contributed by atoms with Gasteiger partial charge in [-0.2, -0.15) is 0 Å². The van der Waals surface area contributed by atoms with Gasteiger partial charge in [0.25, 0.3) is 5.91 Å². The van der Waals surface area contributed by atoms with Gasteiger partial charge in [-0.25, -0.2) is 0 Å². The zero-order chi connectivity index (χ0) is 21.8. The fourth-order valence-electron chi connectivity index (χ4n) is 3.81. The van der Waals surface area contributed by atoms with Gasteiger partial charge < -0.3 is 14.7 Å². The van der Waals surface area contributed by atoms with E-state index < -0.39 is 17.7 Å². The number of amides is 1. The minimum absolute atomic E-state index is 0.129. The number of carbonyl (C=O) groups excluding carboxylic acids is 2. The molecule has 1 amide bonds. The van der Waals surface area contributed by atoms with Crippen molar-refractivity contribution in [3.63, 3.8) is 0 Å². The summed E-state index contributed by atoms with van der Waals surface area (Å²) < 4.78 is 5.52. The van der Waals surface area contributed by atoms with Crippen LogP contribution in [0.4, 0.5) is 0 Å². The summed E-state index contributed by atoms with van der Waals surface area (Å²) >= 11 is 1.29. The Bertz CT molecular complexity index is 1090. The van der Waals surface area contributed by atoms with E-state index in [0.29, 0.717) is 30.2 Å². The summed E-state index contributed by atoms with van der Waals surface area (Å²) in [6.07, 6.45) is 0.619. The average Bonchev–Trinajstić information content (AvgIpc) is 3.41. The third kappa shape index (κ3) is 4.25. The topological polar surface area (TPSA) is 66.8 Å². The molecule has 3 aromatic rings. The number of benzene rings is 2. The van der Waals surface area contributed by atoms with Crippen molar-refractivity contribution >= 4 is 23.0 Å². The normalized spacial score (nSPS) is 16.1. The standard InChI is InChI=1S/C25H23NO4S/c1-2-30-19-12-10-18(11-13-19)22-21(23(27)20-9-6-16-31-20)24(28)25(29)26(22)15-14-17-7-4-3-5-8-17/h3-13,16,22,28H,2,14-15H2,1H3. The molecule has 1 aliphatic heterocycles. The molecule has 1 atom stereocenters. The van der Waals surface area contributed by atoms with E-state index in [1.165, 1.54) is 11.3 Å². The first-order chi connectivity index (χ1) is 15.1. The van der Waals surface area contributed by atoms with Gasteiger partial charge >= 0.3 is 0 Å². The van der Waals surface area contributed by atoms with Crippen molar-refractivity contribution in [2.75, 3.05) is 13.2 Å². The number of hydrogen-bond donors (Lipinski definition) is 1. The highest BCUT2D eigenvalue weighted by Crippen LogP contribution is 2.40. The number of Topliss-reactive ketones (excluding diaryl/α,β-unsaturated/α-hetero) is 1. The lowest BCUT2D eigenvalue weighted by molar-refractivity contribution is -0.129. The Morgan fingerprint density at radius 1 is 1.06 bits per heavy atom. The summed E-state index contributed by atoms with van der Waals surface area (Å²) in [5.41, 5.74) is 1.97. The predicted molar refractivity (Wildman–Crippen MR) is 121 cm³/mol. The fraction of sp³-hybridized carbons (Fsp3) is 0.200. The van der Waals surface area contributed by atoms with Crippen molar-refractivity contribution in [1.82, 2.24) is 4.90 Å². The molecule has 0 saturated heterocycles. The summed E-state index contributed by atoms with van der Waals surface area (Å²) in [5.74, 6) is -0.590. The van der Waals surface area contributed by atoms with Crippen LogP contribution in [-0.2, 0) is 11.2 Å². The highest BCUT2D eigenvalue weighted by molar-refractivity contribution is 7.12. The average molecular weight is 434 g/mol. The molecule has 1 aromatic heterocycles. The zero-order valence-electron chi connectivity index (χ0n) is 17.2. The quantitative estimate of drug-likeness (QED) is 0.510. The number of aliphatic hydroxyl groups excluding tert-OH is 1. The molecule has 6 heteroatoms. The Morgan fingerprint density at radius 3 is 2.45 bits per heavy atom. The Labute approximate surface area is 185 Å². The van der Waals surface area contributed by atoms with E-state index >= 15 is 0 Å². The van der Waals surface area contributed by atoms with Crippen LogP contribution in [0.25, 0.3) is 0 Å².